The maximum Gasteiger partial charge on any atom is 0.227 e. The average molecular weight is 459 g/mol. The van der Waals surface area contributed by atoms with Crippen molar-refractivity contribution in [3.05, 3.63) is 35.1 Å². The van der Waals surface area contributed by atoms with Gasteiger partial charge in [-0.25, -0.2) is 0 Å². The molecule has 9 atom stereocenters. The molecule has 4 aliphatic carbocycles. The topological polar surface area (TPSA) is 94.5 Å². The summed E-state index contributed by atoms with van der Waals surface area (Å²) in [7, 11) is 0. The number of rotatable bonds is 0. The van der Waals surface area contributed by atoms with Crippen molar-refractivity contribution in [1.82, 2.24) is 0 Å². The van der Waals surface area contributed by atoms with Crippen molar-refractivity contribution in [1.29, 1.82) is 0 Å². The Morgan fingerprint density at radius 2 is 1.94 bits per heavy atom. The van der Waals surface area contributed by atoms with E-state index in [1.807, 2.05) is 0 Å². The second-order valence-corrected chi connectivity index (χ2v) is 11.6. The third-order valence-corrected chi connectivity index (χ3v) is 10.2. The fourth-order valence-electron chi connectivity index (χ4n) is 9.19. The molecular formula is C26H34O7. The molecule has 7 heteroatoms. The van der Waals surface area contributed by atoms with Crippen LogP contribution in [0.15, 0.2) is 35.1 Å². The highest BCUT2D eigenvalue weighted by atomic mass is 16.9. The molecule has 0 amide bonds. The molecule has 33 heavy (non-hydrogen) atoms. The van der Waals surface area contributed by atoms with Crippen LogP contribution in [0.5, 0.6) is 0 Å². The summed E-state index contributed by atoms with van der Waals surface area (Å²) in [5, 5.41) is 21.5. The number of carbonyl (C=O) groups is 1. The van der Waals surface area contributed by atoms with Crippen LogP contribution in [0, 0.1) is 34.5 Å². The van der Waals surface area contributed by atoms with E-state index in [1.165, 1.54) is 0 Å². The van der Waals surface area contributed by atoms with Crippen molar-refractivity contribution < 1.29 is 34.0 Å². The van der Waals surface area contributed by atoms with Gasteiger partial charge < -0.3 is 29.2 Å². The smallest absolute Gasteiger partial charge is 0.227 e. The first-order valence-corrected chi connectivity index (χ1v) is 12.1. The summed E-state index contributed by atoms with van der Waals surface area (Å²) < 4.78 is 24.4. The van der Waals surface area contributed by atoms with Gasteiger partial charge in [0, 0.05) is 22.3 Å². The molecule has 2 spiro atoms. The Kier molecular flexibility index (Phi) is 4.52. The largest absolute Gasteiger partial charge is 0.515 e. The van der Waals surface area contributed by atoms with Crippen molar-refractivity contribution in [3.8, 4) is 0 Å². The van der Waals surface area contributed by atoms with E-state index in [4.69, 9.17) is 18.9 Å². The zero-order chi connectivity index (χ0) is 23.4. The Hall–Kier alpha value is -1.51. The van der Waals surface area contributed by atoms with Gasteiger partial charge in [-0.3, -0.25) is 4.79 Å². The summed E-state index contributed by atoms with van der Waals surface area (Å²) in [5.41, 5.74) is 0.981. The van der Waals surface area contributed by atoms with Crippen LogP contribution in [0.2, 0.25) is 0 Å². The minimum absolute atomic E-state index is 0.0602. The Morgan fingerprint density at radius 3 is 2.64 bits per heavy atom. The lowest BCUT2D eigenvalue weighted by Gasteiger charge is -2.61. The fourth-order valence-corrected chi connectivity index (χ4v) is 9.19. The third-order valence-electron chi connectivity index (χ3n) is 10.2. The van der Waals surface area contributed by atoms with E-state index in [0.29, 0.717) is 25.0 Å². The summed E-state index contributed by atoms with van der Waals surface area (Å²) in [4.78, 5) is 12.5. The van der Waals surface area contributed by atoms with Crippen LogP contribution in [-0.2, 0) is 23.7 Å². The molecule has 0 aromatic carbocycles. The number of ether oxygens (including phenoxy) is 4. The fraction of sp³-hybridized carbons (Fsp3) is 0.731. The monoisotopic (exact) mass is 458 g/mol. The second-order valence-electron chi connectivity index (χ2n) is 11.6. The Morgan fingerprint density at radius 1 is 1.18 bits per heavy atom. The number of ketones is 1. The molecule has 2 N–H and O–H groups in total. The van der Waals surface area contributed by atoms with E-state index in [0.717, 1.165) is 23.8 Å². The van der Waals surface area contributed by atoms with Crippen LogP contribution in [0.3, 0.4) is 0 Å². The maximum atomic E-state index is 12.5. The molecule has 0 aromatic rings. The number of aliphatic hydroxyl groups is 2. The number of aliphatic hydroxyl groups excluding tert-OH is 2. The van der Waals surface area contributed by atoms with Crippen LogP contribution in [0.1, 0.15) is 47.0 Å². The van der Waals surface area contributed by atoms with E-state index in [9.17, 15) is 15.0 Å². The van der Waals surface area contributed by atoms with Gasteiger partial charge in [-0.05, 0) is 55.6 Å². The predicted octanol–water partition coefficient (Wildman–Crippen LogP) is 3.40. The van der Waals surface area contributed by atoms with Crippen LogP contribution in [0.25, 0.3) is 0 Å². The summed E-state index contributed by atoms with van der Waals surface area (Å²) in [5.74, 6) is -0.640. The maximum absolute atomic E-state index is 12.5. The van der Waals surface area contributed by atoms with Gasteiger partial charge in [-0.1, -0.05) is 32.4 Å². The van der Waals surface area contributed by atoms with Crippen LogP contribution >= 0.6 is 0 Å². The summed E-state index contributed by atoms with van der Waals surface area (Å²) in [6.45, 7) is 9.33. The minimum atomic E-state index is -0.949. The molecule has 0 unspecified atom stereocenters. The Balaban J connectivity index is 1.49. The Labute approximate surface area is 194 Å². The van der Waals surface area contributed by atoms with E-state index >= 15 is 0 Å². The van der Waals surface area contributed by atoms with Gasteiger partial charge in [0.2, 0.25) is 5.79 Å². The van der Waals surface area contributed by atoms with Crippen molar-refractivity contribution in [3.63, 3.8) is 0 Å². The lowest BCUT2D eigenvalue weighted by atomic mass is 9.45. The van der Waals surface area contributed by atoms with E-state index in [1.54, 1.807) is 6.08 Å². The first-order valence-electron chi connectivity index (χ1n) is 12.1. The zero-order valence-corrected chi connectivity index (χ0v) is 19.8. The minimum Gasteiger partial charge on any atom is -0.515 e. The summed E-state index contributed by atoms with van der Waals surface area (Å²) in [6, 6.07) is 0. The number of fused-ring (bicyclic) bond motifs is 7. The second kappa shape index (κ2) is 6.79. The first kappa shape index (κ1) is 22.0. The summed E-state index contributed by atoms with van der Waals surface area (Å²) in [6.07, 6.45) is 6.21. The predicted molar refractivity (Wildman–Crippen MR) is 118 cm³/mol. The van der Waals surface area contributed by atoms with E-state index < -0.39 is 22.9 Å². The number of allylic oxidation sites excluding steroid dienone is 5. The molecule has 0 aromatic heterocycles. The van der Waals surface area contributed by atoms with Gasteiger partial charge in [-0.2, -0.15) is 0 Å². The number of carbonyl (C=O) groups excluding carboxylic acids is 1. The van der Waals surface area contributed by atoms with Crippen molar-refractivity contribution >= 4 is 5.78 Å². The SMILES string of the molecule is CC1=C[C@@H]2[C@H]([C@H](O)C[C@@]3(C)[C@H]2C[C@@H](C)[C@@]32OCO[C@]23COCO3)[C@@]2(C)C/C(=C/O)C(=O)C=C12. The lowest BCUT2D eigenvalue weighted by Crippen LogP contribution is -2.67. The summed E-state index contributed by atoms with van der Waals surface area (Å²) >= 11 is 0. The molecule has 6 rings (SSSR count). The standard InChI is InChI=1S/C26H34O7/c1-14-5-17-19-6-15(2)26(25(32-13-33-26)11-30-12-31-25)24(19,4)9-21(29)22(17)23(3)8-16(10-27)20(28)7-18(14)23/h5,7,10,15,17,19,21-22,27,29H,6,8-9,11-13H2,1-4H3/b16-10-/t15-,17+,19+,21-,22-,23+,24+,25-,26-/m1/s1. The normalized spacial score (nSPS) is 54.4. The molecule has 0 bridgehead atoms. The molecule has 180 valence electrons. The van der Waals surface area contributed by atoms with Crippen LogP contribution in [-0.4, -0.2) is 53.7 Å². The number of hydrogen-bond acceptors (Lipinski definition) is 7. The van der Waals surface area contributed by atoms with Crippen LogP contribution < -0.4 is 0 Å². The molecule has 2 saturated carbocycles. The van der Waals surface area contributed by atoms with Gasteiger partial charge in [0.25, 0.3) is 0 Å². The molecule has 6 aliphatic rings. The molecule has 2 heterocycles. The molecule has 2 aliphatic heterocycles. The van der Waals surface area contributed by atoms with E-state index in [2.05, 4.69) is 33.8 Å². The third kappa shape index (κ3) is 2.40. The quantitative estimate of drug-likeness (QED) is 0.424. The molecule has 4 fully saturated rings. The molecule has 2 saturated heterocycles. The molecular weight excluding hydrogens is 424 g/mol. The average Bonchev–Trinajstić information content (AvgIpc) is 3.44. The first-order chi connectivity index (χ1) is 15.6. The Bertz CT molecular complexity index is 985. The van der Waals surface area contributed by atoms with Gasteiger partial charge in [0.1, 0.15) is 12.2 Å². The van der Waals surface area contributed by atoms with Crippen LogP contribution in [0.4, 0.5) is 0 Å². The highest BCUT2D eigenvalue weighted by molar-refractivity contribution is 6.06. The van der Waals surface area contributed by atoms with Gasteiger partial charge in [-0.15, -0.1) is 0 Å². The molecule has 7 nitrogen and oxygen atoms in total. The highest BCUT2D eigenvalue weighted by Crippen LogP contribution is 2.72. The highest BCUT2D eigenvalue weighted by Gasteiger charge is 2.79. The van der Waals surface area contributed by atoms with Gasteiger partial charge >= 0.3 is 0 Å². The van der Waals surface area contributed by atoms with Crippen molar-refractivity contribution in [2.24, 2.45) is 34.5 Å². The zero-order valence-electron chi connectivity index (χ0n) is 19.8. The number of hydrogen-bond donors (Lipinski definition) is 2. The van der Waals surface area contributed by atoms with E-state index in [-0.39, 0.29) is 48.5 Å². The van der Waals surface area contributed by atoms with Gasteiger partial charge in [0.05, 0.1) is 12.4 Å². The van der Waals surface area contributed by atoms with Gasteiger partial charge in [0.15, 0.2) is 19.4 Å². The van der Waals surface area contributed by atoms with Crippen molar-refractivity contribution in [2.75, 3.05) is 20.2 Å². The lowest BCUT2D eigenvalue weighted by molar-refractivity contribution is -0.264. The van der Waals surface area contributed by atoms with Crippen molar-refractivity contribution in [2.45, 2.75) is 64.4 Å². The molecule has 0 radical (unpaired) electrons.